The number of ether oxygens (including phenoxy) is 1. The van der Waals surface area contributed by atoms with Gasteiger partial charge in [-0.1, -0.05) is 0 Å². The number of nitrogens with zero attached hydrogens (tertiary/aromatic N) is 1. The lowest BCUT2D eigenvalue weighted by Crippen LogP contribution is -2.54. The number of carbonyl (C=O) groups excluding carboxylic acids is 2. The van der Waals surface area contributed by atoms with Crippen LogP contribution in [0.4, 0.5) is 4.79 Å². The molecule has 2 fully saturated rings. The monoisotopic (exact) mass is 311 g/mol. The van der Waals surface area contributed by atoms with E-state index in [1.54, 1.807) is 4.90 Å². The number of rotatable bonds is 2. The molecule has 3 unspecified atom stereocenters. The average Bonchev–Trinajstić information content (AvgIpc) is 2.89. The Morgan fingerprint density at radius 3 is 2.55 bits per heavy atom. The van der Waals surface area contributed by atoms with Crippen molar-refractivity contribution in [1.29, 1.82) is 0 Å². The molecule has 2 amide bonds. The minimum atomic E-state index is -0.538. The van der Waals surface area contributed by atoms with E-state index in [-0.39, 0.29) is 18.0 Å². The first-order valence-corrected chi connectivity index (χ1v) is 8.29. The second-order valence-corrected chi connectivity index (χ2v) is 7.42. The standard InChI is InChI=1S/C16H29N3O3/c1-11-7-8-12(10-17-11)18-14(20)13-6-5-9-19(13)15(21)22-16(2,3)4/h11-13,17H,5-10H2,1-4H3,(H,18,20). The highest BCUT2D eigenvalue weighted by Gasteiger charge is 2.37. The summed E-state index contributed by atoms with van der Waals surface area (Å²) in [7, 11) is 0. The number of likely N-dealkylation sites (tertiary alicyclic amines) is 1. The van der Waals surface area contributed by atoms with E-state index in [9.17, 15) is 9.59 Å². The normalized spacial score (nSPS) is 29.3. The number of piperidine rings is 1. The molecule has 2 saturated heterocycles. The molecule has 0 aromatic rings. The Labute approximate surface area is 132 Å². The Kier molecular flexibility index (Phi) is 5.32. The van der Waals surface area contributed by atoms with Crippen LogP contribution in [0.5, 0.6) is 0 Å². The third kappa shape index (κ3) is 4.60. The zero-order chi connectivity index (χ0) is 16.3. The van der Waals surface area contributed by atoms with Crippen LogP contribution in [0, 0.1) is 0 Å². The second-order valence-electron chi connectivity index (χ2n) is 7.42. The highest BCUT2D eigenvalue weighted by atomic mass is 16.6. The summed E-state index contributed by atoms with van der Waals surface area (Å²) < 4.78 is 5.40. The van der Waals surface area contributed by atoms with E-state index in [0.717, 1.165) is 25.8 Å². The van der Waals surface area contributed by atoms with Crippen molar-refractivity contribution in [3.8, 4) is 0 Å². The van der Waals surface area contributed by atoms with E-state index in [1.807, 2.05) is 20.8 Å². The molecule has 2 rings (SSSR count). The maximum Gasteiger partial charge on any atom is 0.410 e. The number of hydrogen-bond acceptors (Lipinski definition) is 4. The molecule has 6 nitrogen and oxygen atoms in total. The third-order valence-corrected chi connectivity index (χ3v) is 4.19. The van der Waals surface area contributed by atoms with E-state index in [2.05, 4.69) is 17.6 Å². The first-order valence-electron chi connectivity index (χ1n) is 8.29. The Bertz CT molecular complexity index is 411. The van der Waals surface area contributed by atoms with Gasteiger partial charge in [0.15, 0.2) is 0 Å². The van der Waals surface area contributed by atoms with Gasteiger partial charge in [-0.15, -0.1) is 0 Å². The highest BCUT2D eigenvalue weighted by Crippen LogP contribution is 2.21. The molecular formula is C16H29N3O3. The van der Waals surface area contributed by atoms with Crippen LogP contribution in [0.1, 0.15) is 53.4 Å². The second kappa shape index (κ2) is 6.86. The molecule has 2 aliphatic rings. The molecule has 0 radical (unpaired) electrons. The Hall–Kier alpha value is -1.30. The highest BCUT2D eigenvalue weighted by molar-refractivity contribution is 5.86. The van der Waals surface area contributed by atoms with Crippen molar-refractivity contribution in [2.45, 2.75) is 77.1 Å². The Morgan fingerprint density at radius 1 is 1.23 bits per heavy atom. The predicted octanol–water partition coefficient (Wildman–Crippen LogP) is 1.64. The molecule has 3 atom stereocenters. The minimum Gasteiger partial charge on any atom is -0.444 e. The van der Waals surface area contributed by atoms with E-state index in [1.165, 1.54) is 0 Å². The van der Waals surface area contributed by atoms with Gasteiger partial charge in [-0.3, -0.25) is 9.69 Å². The van der Waals surface area contributed by atoms with Gasteiger partial charge >= 0.3 is 6.09 Å². The van der Waals surface area contributed by atoms with Crippen molar-refractivity contribution in [1.82, 2.24) is 15.5 Å². The molecule has 0 aliphatic carbocycles. The van der Waals surface area contributed by atoms with Crippen molar-refractivity contribution >= 4 is 12.0 Å². The number of nitrogens with one attached hydrogen (secondary N) is 2. The van der Waals surface area contributed by atoms with E-state index < -0.39 is 11.6 Å². The molecule has 126 valence electrons. The topological polar surface area (TPSA) is 70.7 Å². The summed E-state index contributed by atoms with van der Waals surface area (Å²) >= 11 is 0. The first-order chi connectivity index (χ1) is 10.3. The van der Waals surface area contributed by atoms with Crippen LogP contribution >= 0.6 is 0 Å². The zero-order valence-corrected chi connectivity index (χ0v) is 14.1. The summed E-state index contributed by atoms with van der Waals surface area (Å²) in [5, 5.41) is 6.45. The van der Waals surface area contributed by atoms with Gasteiger partial charge in [-0.05, 0) is 53.4 Å². The molecule has 2 aliphatic heterocycles. The number of amides is 2. The summed E-state index contributed by atoms with van der Waals surface area (Å²) in [5.74, 6) is -0.0512. The summed E-state index contributed by atoms with van der Waals surface area (Å²) in [4.78, 5) is 26.3. The summed E-state index contributed by atoms with van der Waals surface area (Å²) in [6, 6.07) is 0.275. The number of carbonyl (C=O) groups is 2. The van der Waals surface area contributed by atoms with Gasteiger partial charge in [0.2, 0.25) is 5.91 Å². The van der Waals surface area contributed by atoms with Crippen LogP contribution < -0.4 is 10.6 Å². The summed E-state index contributed by atoms with van der Waals surface area (Å²) in [6.45, 7) is 9.05. The van der Waals surface area contributed by atoms with Crippen LogP contribution in [-0.2, 0) is 9.53 Å². The van der Waals surface area contributed by atoms with Crippen molar-refractivity contribution in [2.24, 2.45) is 0 Å². The average molecular weight is 311 g/mol. The molecule has 0 spiro atoms. The Balaban J connectivity index is 1.89. The van der Waals surface area contributed by atoms with Crippen molar-refractivity contribution < 1.29 is 14.3 Å². The lowest BCUT2D eigenvalue weighted by Gasteiger charge is -2.31. The molecule has 0 aromatic carbocycles. The van der Waals surface area contributed by atoms with Gasteiger partial charge in [0.05, 0.1) is 0 Å². The van der Waals surface area contributed by atoms with E-state index in [0.29, 0.717) is 19.0 Å². The largest absolute Gasteiger partial charge is 0.444 e. The summed E-state index contributed by atoms with van der Waals surface area (Å²) in [6.07, 6.45) is 3.21. The van der Waals surface area contributed by atoms with Crippen LogP contribution in [0.2, 0.25) is 0 Å². The van der Waals surface area contributed by atoms with Gasteiger partial charge in [-0.25, -0.2) is 4.79 Å². The molecule has 22 heavy (non-hydrogen) atoms. The quantitative estimate of drug-likeness (QED) is 0.813. The maximum atomic E-state index is 12.5. The fourth-order valence-electron chi connectivity index (χ4n) is 3.00. The smallest absolute Gasteiger partial charge is 0.410 e. The lowest BCUT2D eigenvalue weighted by molar-refractivity contribution is -0.126. The van der Waals surface area contributed by atoms with Gasteiger partial charge in [0.25, 0.3) is 0 Å². The molecule has 0 bridgehead atoms. The maximum absolute atomic E-state index is 12.5. The van der Waals surface area contributed by atoms with Crippen LogP contribution in [0.15, 0.2) is 0 Å². The van der Waals surface area contributed by atoms with Gasteiger partial charge in [-0.2, -0.15) is 0 Å². The molecule has 2 N–H and O–H groups in total. The van der Waals surface area contributed by atoms with Gasteiger partial charge in [0, 0.05) is 25.2 Å². The zero-order valence-electron chi connectivity index (χ0n) is 14.1. The van der Waals surface area contributed by atoms with Crippen LogP contribution in [0.25, 0.3) is 0 Å². The molecule has 0 aromatic heterocycles. The predicted molar refractivity (Wildman–Crippen MR) is 84.6 cm³/mol. The summed E-state index contributed by atoms with van der Waals surface area (Å²) in [5.41, 5.74) is -0.538. The molecular weight excluding hydrogens is 282 g/mol. The van der Waals surface area contributed by atoms with Crippen molar-refractivity contribution in [3.05, 3.63) is 0 Å². The SMILES string of the molecule is CC1CCC(NC(=O)C2CCCN2C(=O)OC(C)(C)C)CN1. The molecule has 0 saturated carbocycles. The first kappa shape index (κ1) is 17.1. The molecule has 6 heteroatoms. The van der Waals surface area contributed by atoms with E-state index in [4.69, 9.17) is 4.74 Å². The minimum absolute atomic E-state index is 0.0512. The van der Waals surface area contributed by atoms with Gasteiger partial charge < -0.3 is 15.4 Å². The Morgan fingerprint density at radius 2 is 1.95 bits per heavy atom. The van der Waals surface area contributed by atoms with E-state index >= 15 is 0 Å². The van der Waals surface area contributed by atoms with Crippen molar-refractivity contribution in [3.63, 3.8) is 0 Å². The molecule has 2 heterocycles. The lowest BCUT2D eigenvalue weighted by atomic mass is 10.0. The van der Waals surface area contributed by atoms with Crippen LogP contribution in [0.3, 0.4) is 0 Å². The third-order valence-electron chi connectivity index (χ3n) is 4.19. The number of hydrogen-bond donors (Lipinski definition) is 2. The fraction of sp³-hybridized carbons (Fsp3) is 0.875. The fourth-order valence-corrected chi connectivity index (χ4v) is 3.00. The van der Waals surface area contributed by atoms with Gasteiger partial charge in [0.1, 0.15) is 11.6 Å². The van der Waals surface area contributed by atoms with Crippen LogP contribution in [-0.4, -0.2) is 53.7 Å². The van der Waals surface area contributed by atoms with Crippen molar-refractivity contribution in [2.75, 3.05) is 13.1 Å².